The normalized spacial score (nSPS) is 11.3. The highest BCUT2D eigenvalue weighted by Gasteiger charge is 2.30. The molecular weight excluding hydrogens is 514 g/mol. The molecule has 156 valence electrons. The molecule has 0 bridgehead atoms. The van der Waals surface area contributed by atoms with Crippen molar-refractivity contribution in [1.82, 2.24) is 10.5 Å². The third-order valence-electron chi connectivity index (χ3n) is 3.76. The number of imide groups is 1. The van der Waals surface area contributed by atoms with E-state index in [9.17, 15) is 22.8 Å². The maximum atomic E-state index is 12.7. The van der Waals surface area contributed by atoms with Crippen LogP contribution in [0.4, 0.5) is 23.8 Å². The topological polar surface area (TPSA) is 84.2 Å². The van der Waals surface area contributed by atoms with Crippen LogP contribution in [0.25, 0.3) is 11.3 Å². The number of urea groups is 1. The SMILES string of the molecule is O=C(NC(=O)c1c(Cl)cccc1Cl)Nc1noc(-c2ccc(C(F)(F)F)cc2)c1Br. The maximum Gasteiger partial charge on any atom is 0.416 e. The van der Waals surface area contributed by atoms with Gasteiger partial charge in [-0.1, -0.05) is 46.6 Å². The molecule has 1 heterocycles. The number of carbonyl (C=O) groups excluding carboxylic acids is 2. The molecule has 0 radical (unpaired) electrons. The first kappa shape index (κ1) is 22.1. The second-order valence-corrected chi connectivity index (χ2v) is 7.36. The van der Waals surface area contributed by atoms with Crippen molar-refractivity contribution in [2.45, 2.75) is 6.18 Å². The number of halogens is 6. The molecule has 0 unspecified atom stereocenters. The quantitative estimate of drug-likeness (QED) is 0.417. The molecule has 2 N–H and O–H groups in total. The molecule has 6 nitrogen and oxygen atoms in total. The number of amides is 3. The summed E-state index contributed by atoms with van der Waals surface area (Å²) in [6.07, 6.45) is -4.47. The van der Waals surface area contributed by atoms with E-state index >= 15 is 0 Å². The summed E-state index contributed by atoms with van der Waals surface area (Å²) >= 11 is 15.0. The van der Waals surface area contributed by atoms with E-state index in [4.69, 9.17) is 27.7 Å². The van der Waals surface area contributed by atoms with E-state index in [1.165, 1.54) is 30.3 Å². The highest BCUT2D eigenvalue weighted by Crippen LogP contribution is 2.36. The fourth-order valence-corrected chi connectivity index (χ4v) is 3.41. The summed E-state index contributed by atoms with van der Waals surface area (Å²) in [6.45, 7) is 0. The number of nitrogens with one attached hydrogen (secondary N) is 2. The van der Waals surface area contributed by atoms with Crippen LogP contribution in [0.15, 0.2) is 51.5 Å². The van der Waals surface area contributed by atoms with Gasteiger partial charge in [0, 0.05) is 5.56 Å². The van der Waals surface area contributed by atoms with E-state index in [1.807, 2.05) is 5.32 Å². The number of carbonyl (C=O) groups is 2. The zero-order valence-corrected chi connectivity index (χ0v) is 17.6. The minimum atomic E-state index is -4.47. The summed E-state index contributed by atoms with van der Waals surface area (Å²) < 4.78 is 43.3. The van der Waals surface area contributed by atoms with Crippen LogP contribution < -0.4 is 10.6 Å². The van der Waals surface area contributed by atoms with Gasteiger partial charge in [-0.3, -0.25) is 15.4 Å². The van der Waals surface area contributed by atoms with Crippen LogP contribution in [0.3, 0.4) is 0 Å². The predicted octanol–water partition coefficient (Wildman–Crippen LogP) is 6.39. The van der Waals surface area contributed by atoms with Crippen molar-refractivity contribution in [1.29, 1.82) is 0 Å². The molecule has 0 spiro atoms. The first-order valence-electron chi connectivity index (χ1n) is 7.97. The van der Waals surface area contributed by atoms with Gasteiger partial charge < -0.3 is 4.52 Å². The molecule has 30 heavy (non-hydrogen) atoms. The summed E-state index contributed by atoms with van der Waals surface area (Å²) in [5.41, 5.74) is -0.619. The van der Waals surface area contributed by atoms with Crippen molar-refractivity contribution in [3.05, 3.63) is 68.1 Å². The Morgan fingerprint density at radius 1 is 1.03 bits per heavy atom. The van der Waals surface area contributed by atoms with Gasteiger partial charge in [-0.05, 0) is 40.2 Å². The second-order valence-electron chi connectivity index (χ2n) is 5.75. The number of nitrogens with zero attached hydrogens (tertiary/aromatic N) is 1. The van der Waals surface area contributed by atoms with Gasteiger partial charge in [0.15, 0.2) is 11.6 Å². The number of alkyl halides is 3. The molecular formula is C18H9BrCl2F3N3O3. The average Bonchev–Trinajstić information content (AvgIpc) is 3.01. The molecule has 3 amide bonds. The number of benzene rings is 2. The van der Waals surface area contributed by atoms with Gasteiger partial charge in [0.25, 0.3) is 5.91 Å². The molecule has 0 saturated carbocycles. The van der Waals surface area contributed by atoms with Crippen molar-refractivity contribution in [3.63, 3.8) is 0 Å². The molecule has 0 aliphatic heterocycles. The lowest BCUT2D eigenvalue weighted by molar-refractivity contribution is -0.137. The minimum absolute atomic E-state index is 0.0556. The van der Waals surface area contributed by atoms with Gasteiger partial charge in [-0.15, -0.1) is 0 Å². The third-order valence-corrected chi connectivity index (χ3v) is 5.12. The lowest BCUT2D eigenvalue weighted by atomic mass is 10.1. The zero-order chi connectivity index (χ0) is 22.1. The Balaban J connectivity index is 1.73. The Labute approximate surface area is 185 Å². The predicted molar refractivity (Wildman–Crippen MR) is 108 cm³/mol. The zero-order valence-electron chi connectivity index (χ0n) is 14.5. The second kappa shape index (κ2) is 8.66. The van der Waals surface area contributed by atoms with Crippen molar-refractivity contribution in [2.75, 3.05) is 5.32 Å². The van der Waals surface area contributed by atoms with Crippen molar-refractivity contribution < 1.29 is 27.3 Å². The fourth-order valence-electron chi connectivity index (χ4n) is 2.37. The third kappa shape index (κ3) is 4.77. The Bertz CT molecular complexity index is 1100. The van der Waals surface area contributed by atoms with Crippen molar-refractivity contribution >= 4 is 56.9 Å². The van der Waals surface area contributed by atoms with Gasteiger partial charge in [-0.2, -0.15) is 13.2 Å². The highest BCUT2D eigenvalue weighted by atomic mass is 79.9. The Hall–Kier alpha value is -2.56. The molecule has 3 rings (SSSR count). The minimum Gasteiger partial charge on any atom is -0.353 e. The van der Waals surface area contributed by atoms with Gasteiger partial charge in [-0.25, -0.2) is 4.79 Å². The average molecular weight is 523 g/mol. The van der Waals surface area contributed by atoms with Crippen molar-refractivity contribution in [3.8, 4) is 11.3 Å². The Morgan fingerprint density at radius 2 is 1.63 bits per heavy atom. The lowest BCUT2D eigenvalue weighted by Gasteiger charge is -2.08. The van der Waals surface area contributed by atoms with E-state index in [-0.39, 0.29) is 37.2 Å². The van der Waals surface area contributed by atoms with E-state index in [2.05, 4.69) is 26.4 Å². The van der Waals surface area contributed by atoms with Crippen LogP contribution in [-0.2, 0) is 6.18 Å². The first-order valence-corrected chi connectivity index (χ1v) is 9.52. The molecule has 2 aromatic carbocycles. The maximum absolute atomic E-state index is 12.7. The van der Waals surface area contributed by atoms with Crippen LogP contribution in [0.5, 0.6) is 0 Å². The highest BCUT2D eigenvalue weighted by molar-refractivity contribution is 9.10. The van der Waals surface area contributed by atoms with Crippen LogP contribution in [-0.4, -0.2) is 17.1 Å². The van der Waals surface area contributed by atoms with E-state index in [0.717, 1.165) is 12.1 Å². The van der Waals surface area contributed by atoms with Crippen LogP contribution >= 0.6 is 39.1 Å². The summed E-state index contributed by atoms with van der Waals surface area (Å²) in [5, 5.41) is 8.08. The molecule has 1 aromatic heterocycles. The van der Waals surface area contributed by atoms with Gasteiger partial charge in [0.2, 0.25) is 0 Å². The summed E-state index contributed by atoms with van der Waals surface area (Å²) in [7, 11) is 0. The molecule has 0 saturated heterocycles. The number of rotatable bonds is 3. The molecule has 0 fully saturated rings. The molecule has 12 heteroatoms. The van der Waals surface area contributed by atoms with Gasteiger partial charge >= 0.3 is 12.2 Å². The summed E-state index contributed by atoms with van der Waals surface area (Å²) in [4.78, 5) is 24.3. The lowest BCUT2D eigenvalue weighted by Crippen LogP contribution is -2.34. The summed E-state index contributed by atoms with van der Waals surface area (Å²) in [6, 6.07) is 7.62. The Kier molecular flexibility index (Phi) is 6.39. The van der Waals surface area contributed by atoms with E-state index in [1.54, 1.807) is 0 Å². The molecule has 0 atom stereocenters. The summed E-state index contributed by atoms with van der Waals surface area (Å²) in [5.74, 6) is -0.856. The van der Waals surface area contributed by atoms with E-state index in [0.29, 0.717) is 0 Å². The van der Waals surface area contributed by atoms with Crippen molar-refractivity contribution in [2.24, 2.45) is 0 Å². The Morgan fingerprint density at radius 3 is 2.20 bits per heavy atom. The van der Waals surface area contributed by atoms with Crippen LogP contribution in [0.1, 0.15) is 15.9 Å². The van der Waals surface area contributed by atoms with Gasteiger partial charge in [0.05, 0.1) is 21.2 Å². The fraction of sp³-hybridized carbons (Fsp3) is 0.0556. The van der Waals surface area contributed by atoms with E-state index < -0.39 is 23.7 Å². The number of aromatic nitrogens is 1. The van der Waals surface area contributed by atoms with Crippen LogP contribution in [0, 0.1) is 0 Å². The standard InChI is InChI=1S/C18H9BrCl2F3N3O3/c19-13-14(8-4-6-9(7-5-8)18(22,23)24)30-27-15(13)25-17(29)26-16(28)12-10(20)2-1-3-11(12)21/h1-7H,(H2,25,26,27,28,29). The molecule has 0 aliphatic rings. The molecule has 0 aliphatic carbocycles. The first-order chi connectivity index (χ1) is 14.1. The number of anilines is 1. The largest absolute Gasteiger partial charge is 0.416 e. The number of hydrogen-bond donors (Lipinski definition) is 2. The van der Waals surface area contributed by atoms with Crippen LogP contribution in [0.2, 0.25) is 10.0 Å². The monoisotopic (exact) mass is 521 g/mol. The molecule has 3 aromatic rings. The number of hydrogen-bond acceptors (Lipinski definition) is 4. The van der Waals surface area contributed by atoms with Gasteiger partial charge in [0.1, 0.15) is 4.47 Å². The smallest absolute Gasteiger partial charge is 0.353 e.